The summed E-state index contributed by atoms with van der Waals surface area (Å²) >= 11 is 0. The highest BCUT2D eigenvalue weighted by Crippen LogP contribution is 2.24. The molecule has 0 saturated carbocycles. The van der Waals surface area contributed by atoms with Gasteiger partial charge in [0.2, 0.25) is 5.91 Å². The minimum Gasteiger partial charge on any atom is -0.389 e. The van der Waals surface area contributed by atoms with Crippen LogP contribution in [0.4, 0.5) is 0 Å². The van der Waals surface area contributed by atoms with Crippen molar-refractivity contribution in [3.63, 3.8) is 0 Å². The fraction of sp³-hybridized carbons (Fsp3) is 0.636. The van der Waals surface area contributed by atoms with Crippen molar-refractivity contribution in [1.82, 2.24) is 19.8 Å². The topological polar surface area (TPSA) is 70.4 Å². The summed E-state index contributed by atoms with van der Waals surface area (Å²) in [6.45, 7) is 2.54. The number of rotatable bonds is 2. The molecule has 3 rings (SSSR count). The van der Waals surface area contributed by atoms with Crippen LogP contribution in [0.15, 0.2) is 18.7 Å². The molecule has 92 valence electrons. The minimum atomic E-state index is -0.499. The Hall–Kier alpha value is -1.40. The van der Waals surface area contributed by atoms with Crippen molar-refractivity contribution in [3.8, 4) is 0 Å². The first-order chi connectivity index (χ1) is 8.25. The average molecular weight is 236 g/mol. The lowest BCUT2D eigenvalue weighted by Crippen LogP contribution is -2.51. The van der Waals surface area contributed by atoms with Crippen LogP contribution in [0.3, 0.4) is 0 Å². The largest absolute Gasteiger partial charge is 0.389 e. The first kappa shape index (κ1) is 10.7. The highest BCUT2D eigenvalue weighted by atomic mass is 16.3. The second-order valence-electron chi connectivity index (χ2n) is 4.74. The number of nitrogens with zero attached hydrogens (tertiary/aromatic N) is 3. The van der Waals surface area contributed by atoms with Crippen LogP contribution in [0.2, 0.25) is 0 Å². The van der Waals surface area contributed by atoms with E-state index in [1.807, 2.05) is 10.8 Å². The number of β-amino-alcohol motifs (C(OH)–C–C–N with tert-alkyl or cyclic N) is 1. The van der Waals surface area contributed by atoms with Gasteiger partial charge in [-0.1, -0.05) is 0 Å². The average Bonchev–Trinajstić information content (AvgIpc) is 2.82. The zero-order chi connectivity index (χ0) is 11.8. The van der Waals surface area contributed by atoms with Crippen LogP contribution in [0.1, 0.15) is 6.04 Å². The number of amides is 1. The molecule has 2 aliphatic rings. The standard InChI is InChI=1S/C11H16N4O2/c16-10-6-15(11(17)8-3-13-4-8)5-9(10)14-2-1-12-7-14/h1-2,7-10,13,16H,3-6H2/t9-,10+/m1/s1. The molecule has 17 heavy (non-hydrogen) atoms. The highest BCUT2D eigenvalue weighted by molar-refractivity contribution is 5.80. The molecule has 0 unspecified atom stereocenters. The third-order valence-electron chi connectivity index (χ3n) is 3.61. The first-order valence-corrected chi connectivity index (χ1v) is 5.90. The Morgan fingerprint density at radius 3 is 2.82 bits per heavy atom. The minimum absolute atomic E-state index is 0.0607. The number of nitrogens with one attached hydrogen (secondary N) is 1. The third-order valence-corrected chi connectivity index (χ3v) is 3.61. The normalized spacial score (nSPS) is 29.4. The van der Waals surface area contributed by atoms with Gasteiger partial charge in [-0.05, 0) is 0 Å². The van der Waals surface area contributed by atoms with Crippen LogP contribution >= 0.6 is 0 Å². The van der Waals surface area contributed by atoms with Gasteiger partial charge in [0.05, 0.1) is 24.4 Å². The molecule has 3 heterocycles. The predicted octanol–water partition coefficient (Wildman–Crippen LogP) is -1.15. The maximum absolute atomic E-state index is 12.0. The van der Waals surface area contributed by atoms with Gasteiger partial charge < -0.3 is 19.9 Å². The van der Waals surface area contributed by atoms with Gasteiger partial charge in [-0.2, -0.15) is 0 Å². The van der Waals surface area contributed by atoms with Crippen LogP contribution < -0.4 is 5.32 Å². The van der Waals surface area contributed by atoms with E-state index in [9.17, 15) is 9.90 Å². The number of carbonyl (C=O) groups is 1. The quantitative estimate of drug-likeness (QED) is 0.680. The summed E-state index contributed by atoms with van der Waals surface area (Å²) in [6, 6.07) is -0.0607. The number of hydrogen-bond donors (Lipinski definition) is 2. The lowest BCUT2D eigenvalue weighted by atomic mass is 10.0. The first-order valence-electron chi connectivity index (χ1n) is 5.90. The molecule has 0 spiro atoms. The summed E-state index contributed by atoms with van der Waals surface area (Å²) in [5.41, 5.74) is 0. The molecule has 0 aliphatic carbocycles. The highest BCUT2D eigenvalue weighted by Gasteiger charge is 2.38. The second-order valence-corrected chi connectivity index (χ2v) is 4.74. The number of hydrogen-bond acceptors (Lipinski definition) is 4. The molecule has 1 aromatic heterocycles. The Balaban J connectivity index is 1.68. The molecule has 0 bridgehead atoms. The summed E-state index contributed by atoms with van der Waals surface area (Å²) in [5, 5.41) is 13.1. The Kier molecular flexibility index (Phi) is 2.60. The fourth-order valence-corrected chi connectivity index (χ4v) is 2.43. The molecule has 0 aromatic carbocycles. The molecular weight excluding hydrogens is 220 g/mol. The van der Waals surface area contributed by atoms with Crippen LogP contribution in [0.5, 0.6) is 0 Å². The van der Waals surface area contributed by atoms with Gasteiger partial charge in [-0.25, -0.2) is 4.98 Å². The van der Waals surface area contributed by atoms with E-state index in [0.29, 0.717) is 13.1 Å². The molecule has 2 aliphatic heterocycles. The van der Waals surface area contributed by atoms with Crippen molar-refractivity contribution >= 4 is 5.91 Å². The van der Waals surface area contributed by atoms with Gasteiger partial charge in [0, 0.05) is 38.6 Å². The number of aromatic nitrogens is 2. The molecule has 0 radical (unpaired) electrons. The number of imidazole rings is 1. The summed E-state index contributed by atoms with van der Waals surface area (Å²) in [5.74, 6) is 0.258. The summed E-state index contributed by atoms with van der Waals surface area (Å²) < 4.78 is 1.87. The van der Waals surface area contributed by atoms with Gasteiger partial charge in [0.1, 0.15) is 0 Å². The van der Waals surface area contributed by atoms with Gasteiger partial charge in [0.15, 0.2) is 0 Å². The van der Waals surface area contributed by atoms with Crippen molar-refractivity contribution in [2.24, 2.45) is 5.92 Å². The molecule has 1 aromatic rings. The third kappa shape index (κ3) is 1.83. The van der Waals surface area contributed by atoms with E-state index in [1.54, 1.807) is 17.4 Å². The van der Waals surface area contributed by atoms with Crippen molar-refractivity contribution in [3.05, 3.63) is 18.7 Å². The van der Waals surface area contributed by atoms with Crippen LogP contribution in [-0.2, 0) is 4.79 Å². The number of likely N-dealkylation sites (tertiary alicyclic amines) is 1. The van der Waals surface area contributed by atoms with Crippen LogP contribution in [0.25, 0.3) is 0 Å². The van der Waals surface area contributed by atoms with Crippen molar-refractivity contribution in [2.75, 3.05) is 26.2 Å². The smallest absolute Gasteiger partial charge is 0.228 e. The monoisotopic (exact) mass is 236 g/mol. The van der Waals surface area contributed by atoms with E-state index in [4.69, 9.17) is 0 Å². The van der Waals surface area contributed by atoms with Crippen LogP contribution in [0, 0.1) is 5.92 Å². The van der Waals surface area contributed by atoms with E-state index in [1.165, 1.54) is 0 Å². The summed E-state index contributed by atoms with van der Waals surface area (Å²) in [7, 11) is 0. The molecule has 2 atom stereocenters. The maximum Gasteiger partial charge on any atom is 0.228 e. The van der Waals surface area contributed by atoms with E-state index >= 15 is 0 Å². The fourth-order valence-electron chi connectivity index (χ4n) is 2.43. The predicted molar refractivity (Wildman–Crippen MR) is 60.2 cm³/mol. The zero-order valence-electron chi connectivity index (χ0n) is 9.49. The zero-order valence-corrected chi connectivity index (χ0v) is 9.49. The van der Waals surface area contributed by atoms with E-state index in [-0.39, 0.29) is 17.9 Å². The van der Waals surface area contributed by atoms with Gasteiger partial charge in [-0.15, -0.1) is 0 Å². The SMILES string of the molecule is O=C(C1CNC1)N1C[C@@H](n2ccnc2)[C@@H](O)C1. The summed E-state index contributed by atoms with van der Waals surface area (Å²) in [6.07, 6.45) is 4.70. The van der Waals surface area contributed by atoms with Crippen molar-refractivity contribution in [2.45, 2.75) is 12.1 Å². The number of aliphatic hydroxyl groups excluding tert-OH is 1. The number of carbonyl (C=O) groups excluding carboxylic acids is 1. The Morgan fingerprint density at radius 2 is 2.24 bits per heavy atom. The van der Waals surface area contributed by atoms with Gasteiger partial charge in [0.25, 0.3) is 0 Å². The second kappa shape index (κ2) is 4.12. The molecule has 1 amide bonds. The van der Waals surface area contributed by atoms with Gasteiger partial charge in [-0.3, -0.25) is 4.79 Å². The lowest BCUT2D eigenvalue weighted by molar-refractivity contribution is -0.136. The van der Waals surface area contributed by atoms with E-state index < -0.39 is 6.10 Å². The number of aliphatic hydroxyl groups is 1. The lowest BCUT2D eigenvalue weighted by Gasteiger charge is -2.30. The molecule has 6 nitrogen and oxygen atoms in total. The summed E-state index contributed by atoms with van der Waals surface area (Å²) in [4.78, 5) is 17.8. The van der Waals surface area contributed by atoms with Crippen molar-refractivity contribution in [1.29, 1.82) is 0 Å². The molecule has 2 fully saturated rings. The Bertz CT molecular complexity index is 402. The van der Waals surface area contributed by atoms with Crippen LogP contribution in [-0.4, -0.2) is 57.7 Å². The van der Waals surface area contributed by atoms with E-state index in [0.717, 1.165) is 13.1 Å². The molecule has 6 heteroatoms. The molecule has 2 saturated heterocycles. The van der Waals surface area contributed by atoms with Gasteiger partial charge >= 0.3 is 0 Å². The maximum atomic E-state index is 12.0. The van der Waals surface area contributed by atoms with Crippen molar-refractivity contribution < 1.29 is 9.90 Å². The van der Waals surface area contributed by atoms with E-state index in [2.05, 4.69) is 10.3 Å². The molecular formula is C11H16N4O2. The Labute approximate surface area is 99.2 Å². The Morgan fingerprint density at radius 1 is 1.41 bits per heavy atom. The molecule has 2 N–H and O–H groups in total.